The molecule has 6 nitrogen and oxygen atoms in total. The first kappa shape index (κ1) is 21.4. The van der Waals surface area contributed by atoms with Crippen LogP contribution in [0.25, 0.3) is 0 Å². The molecule has 3 heterocycles. The van der Waals surface area contributed by atoms with Crippen molar-refractivity contribution in [2.75, 3.05) is 42.1 Å². The predicted octanol–water partition coefficient (Wildman–Crippen LogP) is 3.81. The van der Waals surface area contributed by atoms with Crippen molar-refractivity contribution in [1.82, 2.24) is 14.3 Å². The summed E-state index contributed by atoms with van der Waals surface area (Å²) in [6.07, 6.45) is 3.32. The summed E-state index contributed by atoms with van der Waals surface area (Å²) in [5.74, 6) is 2.26. The van der Waals surface area contributed by atoms with Gasteiger partial charge in [0.25, 0.3) is 0 Å². The van der Waals surface area contributed by atoms with Gasteiger partial charge in [-0.15, -0.1) is 0 Å². The van der Waals surface area contributed by atoms with Gasteiger partial charge in [-0.2, -0.15) is 17.9 Å². The van der Waals surface area contributed by atoms with E-state index in [4.69, 9.17) is 5.26 Å². The fourth-order valence-electron chi connectivity index (χ4n) is 2.59. The van der Waals surface area contributed by atoms with Crippen LogP contribution in [0.2, 0.25) is 0 Å². The van der Waals surface area contributed by atoms with Gasteiger partial charge in [0.2, 0.25) is 0 Å². The summed E-state index contributed by atoms with van der Waals surface area (Å²) in [4.78, 5) is 11.2. The number of piperazine rings is 1. The third kappa shape index (κ3) is 6.31. The zero-order chi connectivity index (χ0) is 19.6. The summed E-state index contributed by atoms with van der Waals surface area (Å²) in [6.45, 7) is 7.98. The molecule has 27 heavy (non-hydrogen) atoms. The highest BCUT2D eigenvalue weighted by Crippen LogP contribution is 2.21. The average Bonchev–Trinajstić information content (AvgIpc) is 2.74. The summed E-state index contributed by atoms with van der Waals surface area (Å²) in [7, 11) is 0. The van der Waals surface area contributed by atoms with E-state index in [0.717, 1.165) is 43.5 Å². The number of nitrogens with zero attached hydrogens (tertiary/aromatic N) is 5. The molecule has 0 saturated carbocycles. The number of pyridine rings is 2. The molecule has 1 fully saturated rings. The van der Waals surface area contributed by atoms with E-state index in [9.17, 15) is 0 Å². The molecule has 8 heteroatoms. The van der Waals surface area contributed by atoms with E-state index in [1.165, 1.54) is 0 Å². The quantitative estimate of drug-likeness (QED) is 0.582. The Morgan fingerprint density at radius 2 is 1.89 bits per heavy atom. The lowest BCUT2D eigenvalue weighted by Gasteiger charge is -2.34. The van der Waals surface area contributed by atoms with E-state index in [-0.39, 0.29) is 0 Å². The van der Waals surface area contributed by atoms with Gasteiger partial charge in [0.15, 0.2) is 0 Å². The summed E-state index contributed by atoms with van der Waals surface area (Å²) in [5.41, 5.74) is 1.69. The number of nitriles is 1. The van der Waals surface area contributed by atoms with Gasteiger partial charge in [0.05, 0.1) is 5.56 Å². The molecule has 1 saturated heterocycles. The minimum absolute atomic E-state index is 0.426. The first-order valence-corrected chi connectivity index (χ1v) is 10.5. The summed E-state index contributed by atoms with van der Waals surface area (Å²) in [5, 5.41) is 8.85. The van der Waals surface area contributed by atoms with Gasteiger partial charge in [-0.25, -0.2) is 14.3 Å². The van der Waals surface area contributed by atoms with Crippen molar-refractivity contribution in [2.24, 2.45) is 0 Å². The second-order valence-corrected chi connectivity index (χ2v) is 7.13. The van der Waals surface area contributed by atoms with Crippen LogP contribution in [0.1, 0.15) is 31.0 Å². The summed E-state index contributed by atoms with van der Waals surface area (Å²) < 4.78 is 5.64. The van der Waals surface area contributed by atoms with Gasteiger partial charge in [-0.05, 0) is 36.4 Å². The van der Waals surface area contributed by atoms with E-state index in [0.29, 0.717) is 11.5 Å². The van der Waals surface area contributed by atoms with Crippen LogP contribution in [0.4, 0.5) is 11.6 Å². The Morgan fingerprint density at radius 3 is 2.48 bits per heavy atom. The number of hydrogen-bond donors (Lipinski definition) is 2. The lowest BCUT2D eigenvalue weighted by molar-refractivity contribution is 0.429. The minimum Gasteiger partial charge on any atom is -0.354 e. The number of thiol groups is 1. The number of nitrogens with one attached hydrogen (secondary N) is 1. The molecule has 0 amide bonds. The van der Waals surface area contributed by atoms with Crippen molar-refractivity contribution in [3.05, 3.63) is 47.8 Å². The molecule has 3 rings (SSSR count). The number of anilines is 2. The first-order valence-electron chi connectivity index (χ1n) is 8.86. The van der Waals surface area contributed by atoms with Crippen molar-refractivity contribution in [3.63, 3.8) is 0 Å². The van der Waals surface area contributed by atoms with E-state index in [1.54, 1.807) is 24.6 Å². The molecule has 0 spiro atoms. The van der Waals surface area contributed by atoms with Crippen LogP contribution >= 0.6 is 24.8 Å². The van der Waals surface area contributed by atoms with E-state index >= 15 is 0 Å². The molecule has 2 aromatic heterocycles. The van der Waals surface area contributed by atoms with Gasteiger partial charge in [-0.1, -0.05) is 19.9 Å². The Bertz CT molecular complexity index is 737. The Balaban J connectivity index is 0.00000126. The van der Waals surface area contributed by atoms with Crippen LogP contribution in [0, 0.1) is 11.3 Å². The SMILES string of the molecule is CC(C)c1cccc(NSN2CCN(c3ccc(C#N)cn3)CC2)n1.CS. The molecule has 1 N–H and O–H groups in total. The molecule has 1 aliphatic heterocycles. The monoisotopic (exact) mass is 402 g/mol. The molecule has 0 aromatic carbocycles. The lowest BCUT2D eigenvalue weighted by Crippen LogP contribution is -2.44. The van der Waals surface area contributed by atoms with Crippen LogP contribution in [-0.2, 0) is 0 Å². The molecule has 0 radical (unpaired) electrons. The van der Waals surface area contributed by atoms with Crippen LogP contribution in [0.3, 0.4) is 0 Å². The maximum absolute atomic E-state index is 8.85. The highest BCUT2D eigenvalue weighted by Gasteiger charge is 2.18. The lowest BCUT2D eigenvalue weighted by atomic mass is 10.1. The molecule has 2 aromatic rings. The molecule has 144 valence electrons. The molecular weight excluding hydrogens is 376 g/mol. The second kappa shape index (κ2) is 11.0. The number of aromatic nitrogens is 2. The molecular formula is C19H26N6S2. The normalized spacial score (nSPS) is 14.3. The topological polar surface area (TPSA) is 68.1 Å². The highest BCUT2D eigenvalue weighted by atomic mass is 32.2. The molecule has 0 unspecified atom stereocenters. The van der Waals surface area contributed by atoms with Crippen molar-refractivity contribution >= 4 is 36.4 Å². The smallest absolute Gasteiger partial charge is 0.137 e. The maximum Gasteiger partial charge on any atom is 0.137 e. The first-order chi connectivity index (χ1) is 13.2. The van der Waals surface area contributed by atoms with Crippen LogP contribution in [-0.4, -0.2) is 46.7 Å². The Labute approximate surface area is 171 Å². The largest absolute Gasteiger partial charge is 0.354 e. The third-order valence-corrected chi connectivity index (χ3v) is 5.00. The molecule has 1 aliphatic rings. The van der Waals surface area contributed by atoms with Crippen molar-refractivity contribution in [3.8, 4) is 6.07 Å². The van der Waals surface area contributed by atoms with Crippen molar-refractivity contribution in [2.45, 2.75) is 19.8 Å². The van der Waals surface area contributed by atoms with Gasteiger partial charge in [-0.3, -0.25) is 0 Å². The minimum atomic E-state index is 0.426. The summed E-state index contributed by atoms with van der Waals surface area (Å²) >= 11 is 5.13. The zero-order valence-corrected chi connectivity index (χ0v) is 17.7. The van der Waals surface area contributed by atoms with E-state index < -0.39 is 0 Å². The third-order valence-electron chi connectivity index (χ3n) is 4.08. The van der Waals surface area contributed by atoms with Gasteiger partial charge in [0, 0.05) is 50.2 Å². The van der Waals surface area contributed by atoms with Crippen molar-refractivity contribution < 1.29 is 0 Å². The highest BCUT2D eigenvalue weighted by molar-refractivity contribution is 7.98. The Hall–Kier alpha value is -1.95. The van der Waals surface area contributed by atoms with Crippen LogP contribution < -0.4 is 9.62 Å². The average molecular weight is 403 g/mol. The maximum atomic E-state index is 8.85. The van der Waals surface area contributed by atoms with Gasteiger partial charge < -0.3 is 9.62 Å². The molecule has 0 atom stereocenters. The zero-order valence-electron chi connectivity index (χ0n) is 16.0. The van der Waals surface area contributed by atoms with Gasteiger partial charge in [0.1, 0.15) is 17.7 Å². The summed E-state index contributed by atoms with van der Waals surface area (Å²) in [6, 6.07) is 11.9. The molecule has 0 aliphatic carbocycles. The van der Waals surface area contributed by atoms with E-state index in [2.05, 4.69) is 62.5 Å². The standard InChI is InChI=1S/C18H22N6S.CH4S/c1-14(2)16-4-3-5-17(21-16)22-25-24-10-8-23(9-11-24)18-7-6-15(12-19)13-20-18;1-2/h3-7,13-14H,8-11H2,1-2H3,(H,21,22);2H,1H3. The van der Waals surface area contributed by atoms with Crippen molar-refractivity contribution in [1.29, 1.82) is 5.26 Å². The second-order valence-electron chi connectivity index (χ2n) is 6.23. The van der Waals surface area contributed by atoms with Gasteiger partial charge >= 0.3 is 0 Å². The Kier molecular flexibility index (Phi) is 8.72. The number of hydrogen-bond acceptors (Lipinski definition) is 8. The predicted molar refractivity (Wildman–Crippen MR) is 117 cm³/mol. The fourth-order valence-corrected chi connectivity index (χ4v) is 3.27. The Morgan fingerprint density at radius 1 is 1.15 bits per heavy atom. The number of rotatable bonds is 5. The van der Waals surface area contributed by atoms with Crippen LogP contribution in [0.15, 0.2) is 36.5 Å². The van der Waals surface area contributed by atoms with Crippen LogP contribution in [0.5, 0.6) is 0 Å². The van der Waals surface area contributed by atoms with E-state index in [1.807, 2.05) is 24.3 Å². The molecule has 0 bridgehead atoms. The fraction of sp³-hybridized carbons (Fsp3) is 0.421.